The predicted octanol–water partition coefficient (Wildman–Crippen LogP) is 1.26. The van der Waals surface area contributed by atoms with Crippen molar-refractivity contribution in [1.82, 2.24) is 9.88 Å². The highest BCUT2D eigenvalue weighted by Crippen LogP contribution is 2.30. The van der Waals surface area contributed by atoms with Gasteiger partial charge in [-0.25, -0.2) is 4.98 Å². The van der Waals surface area contributed by atoms with Crippen LogP contribution in [0.1, 0.15) is 12.8 Å². The Morgan fingerprint density at radius 3 is 2.65 bits per heavy atom. The van der Waals surface area contributed by atoms with Crippen LogP contribution in [-0.4, -0.2) is 62.1 Å². The first-order valence-electron chi connectivity index (χ1n) is 7.22. The van der Waals surface area contributed by atoms with Crippen molar-refractivity contribution in [3.8, 4) is 0 Å². The highest BCUT2D eigenvalue weighted by molar-refractivity contribution is 7.13. The number of hydrogen-bond donors (Lipinski definition) is 0. The van der Waals surface area contributed by atoms with E-state index in [1.54, 1.807) is 11.3 Å². The maximum absolute atomic E-state index is 11.5. The summed E-state index contributed by atoms with van der Waals surface area (Å²) in [5, 5.41) is 3.13. The maximum Gasteiger partial charge on any atom is 0.185 e. The van der Waals surface area contributed by atoms with Crippen LogP contribution in [0.5, 0.6) is 0 Å². The SMILES string of the molecule is O=CC1(CN2CCN(c3nccs3)CC2)CCOCC1. The predicted molar refractivity (Wildman–Crippen MR) is 79.3 cm³/mol. The summed E-state index contributed by atoms with van der Waals surface area (Å²) in [5.41, 5.74) is -0.179. The van der Waals surface area contributed by atoms with Crippen LogP contribution in [0.15, 0.2) is 11.6 Å². The van der Waals surface area contributed by atoms with Crippen LogP contribution in [0.2, 0.25) is 0 Å². The lowest BCUT2D eigenvalue weighted by atomic mass is 9.81. The Labute approximate surface area is 123 Å². The molecule has 2 aliphatic heterocycles. The summed E-state index contributed by atoms with van der Waals surface area (Å²) < 4.78 is 5.39. The zero-order valence-electron chi connectivity index (χ0n) is 11.7. The monoisotopic (exact) mass is 295 g/mol. The lowest BCUT2D eigenvalue weighted by Gasteiger charge is -2.40. The maximum atomic E-state index is 11.5. The number of carbonyl (C=O) groups excluding carboxylic acids is 1. The third kappa shape index (κ3) is 3.02. The van der Waals surface area contributed by atoms with Gasteiger partial charge in [0.2, 0.25) is 0 Å². The van der Waals surface area contributed by atoms with Gasteiger partial charge in [0.15, 0.2) is 5.13 Å². The minimum atomic E-state index is -0.179. The molecule has 1 aromatic rings. The van der Waals surface area contributed by atoms with Gasteiger partial charge in [0.25, 0.3) is 0 Å². The van der Waals surface area contributed by atoms with E-state index in [1.165, 1.54) is 6.29 Å². The number of hydrogen-bond acceptors (Lipinski definition) is 6. The van der Waals surface area contributed by atoms with Crippen molar-refractivity contribution in [2.24, 2.45) is 5.41 Å². The number of carbonyl (C=O) groups is 1. The first-order chi connectivity index (χ1) is 9.81. The fraction of sp³-hybridized carbons (Fsp3) is 0.714. The molecule has 0 radical (unpaired) electrons. The number of piperazine rings is 1. The van der Waals surface area contributed by atoms with Crippen LogP contribution in [0, 0.1) is 5.41 Å². The summed E-state index contributed by atoms with van der Waals surface area (Å²) in [6, 6.07) is 0. The smallest absolute Gasteiger partial charge is 0.185 e. The molecular weight excluding hydrogens is 274 g/mol. The lowest BCUT2D eigenvalue weighted by Crippen LogP contribution is -2.51. The molecule has 3 rings (SSSR count). The van der Waals surface area contributed by atoms with Crippen LogP contribution >= 0.6 is 11.3 Å². The van der Waals surface area contributed by atoms with Gasteiger partial charge in [0.1, 0.15) is 6.29 Å². The molecule has 0 amide bonds. The summed E-state index contributed by atoms with van der Waals surface area (Å²) in [6.45, 7) is 6.34. The molecule has 2 fully saturated rings. The molecule has 0 N–H and O–H groups in total. The molecule has 6 heteroatoms. The van der Waals surface area contributed by atoms with Gasteiger partial charge in [-0.05, 0) is 12.8 Å². The van der Waals surface area contributed by atoms with E-state index in [2.05, 4.69) is 14.8 Å². The van der Waals surface area contributed by atoms with Crippen LogP contribution < -0.4 is 4.90 Å². The molecular formula is C14H21N3O2S. The fourth-order valence-electron chi connectivity index (χ4n) is 3.01. The van der Waals surface area contributed by atoms with Gasteiger partial charge < -0.3 is 14.4 Å². The van der Waals surface area contributed by atoms with E-state index >= 15 is 0 Å². The van der Waals surface area contributed by atoms with Crippen LogP contribution in [-0.2, 0) is 9.53 Å². The Balaban J connectivity index is 1.54. The highest BCUT2D eigenvalue weighted by Gasteiger charge is 2.35. The molecule has 0 atom stereocenters. The van der Waals surface area contributed by atoms with Crippen molar-refractivity contribution in [3.05, 3.63) is 11.6 Å². The van der Waals surface area contributed by atoms with Crippen LogP contribution in [0.25, 0.3) is 0 Å². The van der Waals surface area contributed by atoms with Crippen molar-refractivity contribution in [1.29, 1.82) is 0 Å². The molecule has 20 heavy (non-hydrogen) atoms. The van der Waals surface area contributed by atoms with E-state index in [1.807, 2.05) is 11.6 Å². The molecule has 2 aliphatic rings. The number of aldehydes is 1. The van der Waals surface area contributed by atoms with Gasteiger partial charge in [-0.1, -0.05) is 0 Å². The summed E-state index contributed by atoms with van der Waals surface area (Å²) >= 11 is 1.69. The normalized spacial score (nSPS) is 23.7. The second kappa shape index (κ2) is 6.20. The molecule has 0 spiro atoms. The standard InChI is InChI=1S/C14H21N3O2S/c18-12-14(1-8-19-9-2-14)11-16-4-6-17(7-5-16)13-15-3-10-20-13/h3,10,12H,1-2,4-9,11H2. The van der Waals surface area contributed by atoms with Gasteiger partial charge in [-0.2, -0.15) is 0 Å². The second-order valence-corrected chi connectivity index (χ2v) is 6.54. The second-order valence-electron chi connectivity index (χ2n) is 5.67. The van der Waals surface area contributed by atoms with E-state index in [-0.39, 0.29) is 5.41 Å². The Morgan fingerprint density at radius 1 is 1.30 bits per heavy atom. The van der Waals surface area contributed by atoms with Crippen molar-refractivity contribution in [3.63, 3.8) is 0 Å². The number of aromatic nitrogens is 1. The van der Waals surface area contributed by atoms with E-state index in [0.717, 1.165) is 63.9 Å². The molecule has 3 heterocycles. The minimum Gasteiger partial charge on any atom is -0.381 e. The van der Waals surface area contributed by atoms with Gasteiger partial charge in [-0.3, -0.25) is 4.90 Å². The fourth-order valence-corrected chi connectivity index (χ4v) is 3.70. The molecule has 0 aromatic carbocycles. The minimum absolute atomic E-state index is 0.179. The Hall–Kier alpha value is -0.980. The average molecular weight is 295 g/mol. The summed E-state index contributed by atoms with van der Waals surface area (Å²) in [4.78, 5) is 20.6. The average Bonchev–Trinajstić information content (AvgIpc) is 3.03. The Kier molecular flexibility index (Phi) is 4.33. The summed E-state index contributed by atoms with van der Waals surface area (Å²) in [5.74, 6) is 0. The van der Waals surface area contributed by atoms with E-state index in [9.17, 15) is 4.79 Å². The molecule has 0 unspecified atom stereocenters. The Bertz CT molecular complexity index is 424. The number of ether oxygens (including phenoxy) is 1. The highest BCUT2D eigenvalue weighted by atomic mass is 32.1. The molecule has 0 aliphatic carbocycles. The first kappa shape index (κ1) is 14.0. The third-order valence-corrected chi connectivity index (χ3v) is 5.17. The van der Waals surface area contributed by atoms with Crippen molar-refractivity contribution >= 4 is 22.8 Å². The zero-order valence-corrected chi connectivity index (χ0v) is 12.5. The third-order valence-electron chi connectivity index (χ3n) is 4.34. The van der Waals surface area contributed by atoms with Crippen molar-refractivity contribution in [2.75, 3.05) is 50.8 Å². The quantitative estimate of drug-likeness (QED) is 0.783. The molecule has 0 bridgehead atoms. The molecule has 2 saturated heterocycles. The molecule has 1 aromatic heterocycles. The number of thiazole rings is 1. The lowest BCUT2D eigenvalue weighted by molar-refractivity contribution is -0.123. The molecule has 5 nitrogen and oxygen atoms in total. The largest absolute Gasteiger partial charge is 0.381 e. The molecule has 0 saturated carbocycles. The van der Waals surface area contributed by atoms with Gasteiger partial charge in [0.05, 0.1) is 0 Å². The number of rotatable bonds is 4. The summed E-state index contributed by atoms with van der Waals surface area (Å²) in [7, 11) is 0. The van der Waals surface area contributed by atoms with Gasteiger partial charge >= 0.3 is 0 Å². The van der Waals surface area contributed by atoms with Crippen LogP contribution in [0.4, 0.5) is 5.13 Å². The van der Waals surface area contributed by atoms with Crippen molar-refractivity contribution in [2.45, 2.75) is 12.8 Å². The van der Waals surface area contributed by atoms with E-state index in [4.69, 9.17) is 4.74 Å². The van der Waals surface area contributed by atoms with E-state index < -0.39 is 0 Å². The number of anilines is 1. The number of nitrogens with zero attached hydrogens (tertiary/aromatic N) is 3. The van der Waals surface area contributed by atoms with Crippen LogP contribution in [0.3, 0.4) is 0 Å². The Morgan fingerprint density at radius 2 is 2.05 bits per heavy atom. The summed E-state index contributed by atoms with van der Waals surface area (Å²) in [6.07, 6.45) is 4.75. The zero-order chi connectivity index (χ0) is 13.8. The first-order valence-corrected chi connectivity index (χ1v) is 8.10. The van der Waals surface area contributed by atoms with Crippen molar-refractivity contribution < 1.29 is 9.53 Å². The van der Waals surface area contributed by atoms with Gasteiger partial charge in [-0.15, -0.1) is 11.3 Å². The van der Waals surface area contributed by atoms with E-state index in [0.29, 0.717) is 0 Å². The molecule has 110 valence electrons. The topological polar surface area (TPSA) is 45.7 Å². The van der Waals surface area contributed by atoms with Gasteiger partial charge in [0, 0.05) is 62.9 Å².